The summed E-state index contributed by atoms with van der Waals surface area (Å²) in [6, 6.07) is 4.41. The highest BCUT2D eigenvalue weighted by Gasteiger charge is 2.33. The lowest BCUT2D eigenvalue weighted by molar-refractivity contribution is -0.137. The Bertz CT molecular complexity index is 754. The van der Waals surface area contributed by atoms with Crippen molar-refractivity contribution in [3.05, 3.63) is 23.3 Å². The third-order valence-electron chi connectivity index (χ3n) is 6.07. The van der Waals surface area contributed by atoms with E-state index in [4.69, 9.17) is 9.47 Å². The molecule has 3 aliphatic rings. The first-order valence-corrected chi connectivity index (χ1v) is 10.2. The Hall–Kier alpha value is -2.44. The van der Waals surface area contributed by atoms with Gasteiger partial charge in [0.15, 0.2) is 11.5 Å². The summed E-state index contributed by atoms with van der Waals surface area (Å²) < 4.78 is 10.8. The predicted octanol–water partition coefficient (Wildman–Crippen LogP) is 2.17. The Morgan fingerprint density at radius 1 is 0.929 bits per heavy atom. The van der Waals surface area contributed by atoms with Gasteiger partial charge in [-0.1, -0.05) is 0 Å². The van der Waals surface area contributed by atoms with E-state index in [1.165, 1.54) is 5.56 Å². The van der Waals surface area contributed by atoms with Crippen LogP contribution in [0.15, 0.2) is 12.1 Å². The zero-order valence-electron chi connectivity index (χ0n) is 16.7. The molecule has 0 bridgehead atoms. The van der Waals surface area contributed by atoms with Crippen LogP contribution in [-0.2, 0) is 17.8 Å². The maximum Gasteiger partial charge on any atom is 0.317 e. The fraction of sp³-hybridized carbons (Fsp3) is 0.619. The summed E-state index contributed by atoms with van der Waals surface area (Å²) in [5, 5.41) is 3.03. The zero-order valence-corrected chi connectivity index (χ0v) is 16.7. The van der Waals surface area contributed by atoms with Crippen molar-refractivity contribution < 1.29 is 19.1 Å². The van der Waals surface area contributed by atoms with Crippen molar-refractivity contribution in [3.63, 3.8) is 0 Å². The summed E-state index contributed by atoms with van der Waals surface area (Å²) in [4.78, 5) is 29.0. The molecule has 4 rings (SSSR count). The molecule has 0 spiro atoms. The molecular weight excluding hydrogens is 358 g/mol. The quantitative estimate of drug-likeness (QED) is 0.860. The molecule has 0 radical (unpaired) electrons. The van der Waals surface area contributed by atoms with Crippen LogP contribution in [0.4, 0.5) is 4.79 Å². The predicted molar refractivity (Wildman–Crippen MR) is 105 cm³/mol. The van der Waals surface area contributed by atoms with Gasteiger partial charge in [0.25, 0.3) is 0 Å². The molecule has 1 N–H and O–H groups in total. The van der Waals surface area contributed by atoms with Gasteiger partial charge in [0.1, 0.15) is 0 Å². The van der Waals surface area contributed by atoms with E-state index < -0.39 is 0 Å². The van der Waals surface area contributed by atoms with Crippen LogP contribution in [0, 0.1) is 5.92 Å². The van der Waals surface area contributed by atoms with Crippen LogP contribution in [0.2, 0.25) is 0 Å². The second-order valence-corrected chi connectivity index (χ2v) is 7.97. The number of urea groups is 1. The van der Waals surface area contributed by atoms with E-state index in [1.54, 1.807) is 14.2 Å². The van der Waals surface area contributed by atoms with Gasteiger partial charge in [0.2, 0.25) is 5.91 Å². The molecule has 2 aliphatic heterocycles. The second kappa shape index (κ2) is 7.89. The third kappa shape index (κ3) is 3.88. The fourth-order valence-corrected chi connectivity index (χ4v) is 4.15. The van der Waals surface area contributed by atoms with Crippen LogP contribution >= 0.6 is 0 Å². The number of benzene rings is 1. The van der Waals surface area contributed by atoms with E-state index in [2.05, 4.69) is 5.32 Å². The zero-order chi connectivity index (χ0) is 19.7. The number of carbonyl (C=O) groups excluding carboxylic acids is 2. The summed E-state index contributed by atoms with van der Waals surface area (Å²) in [5.74, 6) is 1.65. The Kier molecular flexibility index (Phi) is 5.33. The number of carbonyl (C=O) groups is 2. The number of rotatable bonds is 4. The van der Waals surface area contributed by atoms with Gasteiger partial charge in [-0.2, -0.15) is 0 Å². The molecule has 1 aromatic rings. The van der Waals surface area contributed by atoms with E-state index in [0.29, 0.717) is 31.4 Å². The first-order chi connectivity index (χ1) is 13.6. The van der Waals surface area contributed by atoms with E-state index in [1.807, 2.05) is 21.9 Å². The molecule has 0 atom stereocenters. The average Bonchev–Trinajstić information content (AvgIpc) is 3.55. The first kappa shape index (κ1) is 18.9. The van der Waals surface area contributed by atoms with Gasteiger partial charge in [-0.25, -0.2) is 4.79 Å². The highest BCUT2D eigenvalue weighted by Crippen LogP contribution is 2.34. The average molecular weight is 387 g/mol. The highest BCUT2D eigenvalue weighted by molar-refractivity contribution is 5.80. The number of methoxy groups -OCH3 is 2. The van der Waals surface area contributed by atoms with Crippen molar-refractivity contribution in [2.45, 2.75) is 44.7 Å². The smallest absolute Gasteiger partial charge is 0.317 e. The van der Waals surface area contributed by atoms with Crippen LogP contribution in [0.1, 0.15) is 36.8 Å². The van der Waals surface area contributed by atoms with Gasteiger partial charge in [-0.05, 0) is 55.4 Å². The summed E-state index contributed by atoms with van der Waals surface area (Å²) in [6.45, 7) is 2.65. The lowest BCUT2D eigenvalue weighted by Crippen LogP contribution is -2.48. The van der Waals surface area contributed by atoms with Gasteiger partial charge >= 0.3 is 6.03 Å². The molecule has 3 amide bonds. The molecule has 152 valence electrons. The molecule has 1 aromatic carbocycles. The molecule has 1 aliphatic carbocycles. The van der Waals surface area contributed by atoms with Crippen molar-refractivity contribution in [2.75, 3.05) is 33.9 Å². The van der Waals surface area contributed by atoms with Gasteiger partial charge in [-0.15, -0.1) is 0 Å². The minimum Gasteiger partial charge on any atom is -0.493 e. The summed E-state index contributed by atoms with van der Waals surface area (Å²) in [5.41, 5.74) is 2.34. The number of piperidine rings is 1. The molecule has 0 aromatic heterocycles. The molecule has 2 fully saturated rings. The molecule has 7 nitrogen and oxygen atoms in total. The van der Waals surface area contributed by atoms with Crippen molar-refractivity contribution in [3.8, 4) is 11.5 Å². The minimum absolute atomic E-state index is 0.00617. The van der Waals surface area contributed by atoms with Gasteiger partial charge in [-0.3, -0.25) is 4.79 Å². The number of nitrogens with one attached hydrogen (secondary N) is 1. The van der Waals surface area contributed by atoms with Crippen molar-refractivity contribution in [1.82, 2.24) is 15.1 Å². The number of hydrogen-bond donors (Lipinski definition) is 1. The van der Waals surface area contributed by atoms with Crippen LogP contribution in [0.5, 0.6) is 11.5 Å². The maximum atomic E-state index is 13.1. The Labute approximate surface area is 166 Å². The monoisotopic (exact) mass is 387 g/mol. The lowest BCUT2D eigenvalue weighted by atomic mass is 9.93. The van der Waals surface area contributed by atoms with Crippen molar-refractivity contribution in [1.29, 1.82) is 0 Å². The SMILES string of the molecule is COc1cc2c(cc1OC)CN(C(=O)C1CCN(C(=O)NC3CC3)CC1)CC2. The van der Waals surface area contributed by atoms with Crippen molar-refractivity contribution >= 4 is 11.9 Å². The fourth-order valence-electron chi connectivity index (χ4n) is 4.15. The summed E-state index contributed by atoms with van der Waals surface area (Å²) in [7, 11) is 3.27. The maximum absolute atomic E-state index is 13.1. The van der Waals surface area contributed by atoms with E-state index in [9.17, 15) is 9.59 Å². The summed E-state index contributed by atoms with van der Waals surface area (Å²) in [6.07, 6.45) is 4.49. The number of fused-ring (bicyclic) bond motifs is 1. The van der Waals surface area contributed by atoms with E-state index >= 15 is 0 Å². The minimum atomic E-state index is 0.00617. The Morgan fingerprint density at radius 3 is 2.18 bits per heavy atom. The molecule has 1 saturated carbocycles. The van der Waals surface area contributed by atoms with Crippen LogP contribution in [0.3, 0.4) is 0 Å². The second-order valence-electron chi connectivity index (χ2n) is 7.97. The largest absolute Gasteiger partial charge is 0.493 e. The first-order valence-electron chi connectivity index (χ1n) is 10.2. The molecule has 1 saturated heterocycles. The molecule has 28 heavy (non-hydrogen) atoms. The van der Waals surface area contributed by atoms with Crippen LogP contribution in [-0.4, -0.2) is 61.6 Å². The molecule has 0 unspecified atom stereocenters. The Balaban J connectivity index is 1.35. The van der Waals surface area contributed by atoms with Gasteiger partial charge < -0.3 is 24.6 Å². The Morgan fingerprint density at radius 2 is 1.57 bits per heavy atom. The normalized spacial score (nSPS) is 19.8. The van der Waals surface area contributed by atoms with E-state index in [0.717, 1.165) is 50.0 Å². The number of amides is 3. The standard InChI is InChI=1S/C21H29N3O4/c1-27-18-11-15-7-10-24(13-16(15)12-19(18)28-2)20(25)14-5-8-23(9-6-14)21(26)22-17-3-4-17/h11-12,14,17H,3-10,13H2,1-2H3,(H,22,26). The molecule has 7 heteroatoms. The highest BCUT2D eigenvalue weighted by atomic mass is 16.5. The topological polar surface area (TPSA) is 71.1 Å². The van der Waals surface area contributed by atoms with Crippen LogP contribution < -0.4 is 14.8 Å². The number of hydrogen-bond acceptors (Lipinski definition) is 4. The lowest BCUT2D eigenvalue weighted by Gasteiger charge is -2.36. The molecular formula is C21H29N3O4. The third-order valence-corrected chi connectivity index (χ3v) is 6.07. The van der Waals surface area contributed by atoms with Crippen molar-refractivity contribution in [2.24, 2.45) is 5.92 Å². The molecule has 2 heterocycles. The summed E-state index contributed by atoms with van der Waals surface area (Å²) >= 11 is 0. The van der Waals surface area contributed by atoms with E-state index in [-0.39, 0.29) is 17.9 Å². The van der Waals surface area contributed by atoms with Gasteiger partial charge in [0, 0.05) is 38.1 Å². The number of ether oxygens (including phenoxy) is 2. The number of nitrogens with zero attached hydrogens (tertiary/aromatic N) is 2. The van der Waals surface area contributed by atoms with Crippen LogP contribution in [0.25, 0.3) is 0 Å². The number of likely N-dealkylation sites (tertiary alicyclic amines) is 1. The van der Waals surface area contributed by atoms with Gasteiger partial charge in [0.05, 0.1) is 14.2 Å².